The molecule has 21 heavy (non-hydrogen) atoms. The fraction of sp³-hybridized carbons (Fsp3) is 0.188. The van der Waals surface area contributed by atoms with Crippen LogP contribution in [0.4, 0.5) is 5.69 Å². The maximum absolute atomic E-state index is 12.0. The van der Waals surface area contributed by atoms with Crippen molar-refractivity contribution in [3.8, 4) is 11.3 Å². The Kier molecular flexibility index (Phi) is 4.66. The summed E-state index contributed by atoms with van der Waals surface area (Å²) in [5.41, 5.74) is 2.33. The fourth-order valence-corrected chi connectivity index (χ4v) is 1.96. The van der Waals surface area contributed by atoms with Crippen molar-refractivity contribution in [3.05, 3.63) is 48.2 Å². The Morgan fingerprint density at radius 3 is 2.76 bits per heavy atom. The number of benzene rings is 1. The second-order valence-corrected chi connectivity index (χ2v) is 4.38. The standard InChI is InChI=1S/C16H16N2O3/c1-3-21-16(20)14-8-5-9-17-15(14)12-6-4-7-13(10-12)18-11(2)19/h4-10H,3H2,1-2H3,(H,18,19). The summed E-state index contributed by atoms with van der Waals surface area (Å²) in [7, 11) is 0. The zero-order chi connectivity index (χ0) is 15.2. The molecule has 0 radical (unpaired) electrons. The summed E-state index contributed by atoms with van der Waals surface area (Å²) in [6.45, 7) is 3.50. The third-order valence-corrected chi connectivity index (χ3v) is 2.76. The molecule has 108 valence electrons. The van der Waals surface area contributed by atoms with Gasteiger partial charge in [-0.15, -0.1) is 0 Å². The van der Waals surface area contributed by atoms with Gasteiger partial charge >= 0.3 is 5.97 Å². The first-order valence-corrected chi connectivity index (χ1v) is 6.62. The van der Waals surface area contributed by atoms with E-state index < -0.39 is 5.97 Å². The summed E-state index contributed by atoms with van der Waals surface area (Å²) in [4.78, 5) is 27.3. The number of anilines is 1. The van der Waals surface area contributed by atoms with Gasteiger partial charge in [0.1, 0.15) is 0 Å². The van der Waals surface area contributed by atoms with E-state index in [9.17, 15) is 9.59 Å². The Labute approximate surface area is 123 Å². The van der Waals surface area contributed by atoms with Gasteiger partial charge in [-0.05, 0) is 31.2 Å². The number of hydrogen-bond acceptors (Lipinski definition) is 4. The number of esters is 1. The van der Waals surface area contributed by atoms with Gasteiger partial charge in [-0.3, -0.25) is 9.78 Å². The number of aromatic nitrogens is 1. The summed E-state index contributed by atoms with van der Waals surface area (Å²) in [5, 5.41) is 2.71. The van der Waals surface area contributed by atoms with Crippen LogP contribution < -0.4 is 5.32 Å². The fourth-order valence-electron chi connectivity index (χ4n) is 1.96. The number of hydrogen-bond donors (Lipinski definition) is 1. The molecule has 1 heterocycles. The van der Waals surface area contributed by atoms with Crippen LogP contribution in [0, 0.1) is 0 Å². The zero-order valence-electron chi connectivity index (χ0n) is 11.9. The second kappa shape index (κ2) is 6.65. The second-order valence-electron chi connectivity index (χ2n) is 4.38. The van der Waals surface area contributed by atoms with E-state index in [0.717, 1.165) is 5.56 Å². The number of nitrogens with zero attached hydrogens (tertiary/aromatic N) is 1. The molecule has 2 aromatic rings. The van der Waals surface area contributed by atoms with Crippen LogP contribution in [0.5, 0.6) is 0 Å². The molecular formula is C16H16N2O3. The average Bonchev–Trinajstić information content (AvgIpc) is 2.47. The highest BCUT2D eigenvalue weighted by atomic mass is 16.5. The third-order valence-electron chi connectivity index (χ3n) is 2.76. The van der Waals surface area contributed by atoms with Crippen LogP contribution in [0.15, 0.2) is 42.6 Å². The molecule has 0 aliphatic rings. The van der Waals surface area contributed by atoms with Gasteiger partial charge in [0.2, 0.25) is 5.91 Å². The Morgan fingerprint density at radius 1 is 1.24 bits per heavy atom. The van der Waals surface area contributed by atoms with Crippen molar-refractivity contribution in [2.24, 2.45) is 0 Å². The molecule has 1 aromatic carbocycles. The van der Waals surface area contributed by atoms with E-state index in [0.29, 0.717) is 23.6 Å². The van der Waals surface area contributed by atoms with Crippen molar-refractivity contribution in [1.82, 2.24) is 4.98 Å². The molecule has 1 N–H and O–H groups in total. The minimum atomic E-state index is -0.412. The largest absolute Gasteiger partial charge is 0.462 e. The number of pyridine rings is 1. The van der Waals surface area contributed by atoms with Crippen molar-refractivity contribution in [2.75, 3.05) is 11.9 Å². The zero-order valence-corrected chi connectivity index (χ0v) is 11.9. The Balaban J connectivity index is 2.42. The first-order chi connectivity index (χ1) is 10.1. The van der Waals surface area contributed by atoms with Crippen LogP contribution in [0.2, 0.25) is 0 Å². The molecule has 0 saturated heterocycles. The lowest BCUT2D eigenvalue weighted by Crippen LogP contribution is -2.08. The van der Waals surface area contributed by atoms with Crippen LogP contribution in [-0.2, 0) is 9.53 Å². The number of carbonyl (C=O) groups excluding carboxylic acids is 2. The number of amides is 1. The molecular weight excluding hydrogens is 268 g/mol. The number of carbonyl (C=O) groups is 2. The normalized spacial score (nSPS) is 10.0. The first kappa shape index (κ1) is 14.7. The number of ether oxygens (including phenoxy) is 1. The van der Waals surface area contributed by atoms with Crippen LogP contribution in [0.3, 0.4) is 0 Å². The Morgan fingerprint density at radius 2 is 2.05 bits per heavy atom. The molecule has 5 heteroatoms. The quantitative estimate of drug-likeness (QED) is 0.876. The highest BCUT2D eigenvalue weighted by Gasteiger charge is 2.15. The van der Waals surface area contributed by atoms with Gasteiger partial charge in [-0.1, -0.05) is 12.1 Å². The molecule has 0 aliphatic carbocycles. The maximum Gasteiger partial charge on any atom is 0.340 e. The van der Waals surface area contributed by atoms with Gasteiger partial charge < -0.3 is 10.1 Å². The first-order valence-electron chi connectivity index (χ1n) is 6.62. The Hall–Kier alpha value is -2.69. The molecule has 2 rings (SSSR count). The van der Waals surface area contributed by atoms with Gasteiger partial charge in [-0.2, -0.15) is 0 Å². The van der Waals surface area contributed by atoms with Gasteiger partial charge in [0, 0.05) is 24.4 Å². The van der Waals surface area contributed by atoms with E-state index in [1.54, 1.807) is 43.5 Å². The van der Waals surface area contributed by atoms with E-state index in [1.807, 2.05) is 6.07 Å². The maximum atomic E-state index is 12.0. The van der Waals surface area contributed by atoms with Crippen molar-refractivity contribution < 1.29 is 14.3 Å². The molecule has 0 atom stereocenters. The lowest BCUT2D eigenvalue weighted by Gasteiger charge is -2.09. The van der Waals surface area contributed by atoms with E-state index in [2.05, 4.69) is 10.3 Å². The monoisotopic (exact) mass is 284 g/mol. The van der Waals surface area contributed by atoms with Crippen molar-refractivity contribution in [2.45, 2.75) is 13.8 Å². The van der Waals surface area contributed by atoms with Gasteiger partial charge in [0.05, 0.1) is 17.9 Å². The minimum absolute atomic E-state index is 0.154. The smallest absolute Gasteiger partial charge is 0.340 e. The van der Waals surface area contributed by atoms with Gasteiger partial charge in [-0.25, -0.2) is 4.79 Å². The minimum Gasteiger partial charge on any atom is -0.462 e. The number of nitrogens with one attached hydrogen (secondary N) is 1. The van der Waals surface area contributed by atoms with Crippen LogP contribution in [-0.4, -0.2) is 23.5 Å². The van der Waals surface area contributed by atoms with Crippen molar-refractivity contribution in [3.63, 3.8) is 0 Å². The predicted molar refractivity (Wildman–Crippen MR) is 79.9 cm³/mol. The molecule has 0 unspecified atom stereocenters. The van der Waals surface area contributed by atoms with Crippen molar-refractivity contribution in [1.29, 1.82) is 0 Å². The van der Waals surface area contributed by atoms with E-state index >= 15 is 0 Å². The summed E-state index contributed by atoms with van der Waals surface area (Å²) in [6.07, 6.45) is 1.61. The summed E-state index contributed by atoms with van der Waals surface area (Å²) < 4.78 is 5.04. The molecule has 1 aromatic heterocycles. The molecule has 0 saturated carbocycles. The summed E-state index contributed by atoms with van der Waals surface area (Å²) in [6, 6.07) is 10.5. The predicted octanol–water partition coefficient (Wildman–Crippen LogP) is 2.88. The van der Waals surface area contributed by atoms with Crippen LogP contribution >= 0.6 is 0 Å². The molecule has 5 nitrogen and oxygen atoms in total. The molecule has 1 amide bonds. The summed E-state index contributed by atoms with van der Waals surface area (Å²) >= 11 is 0. The van der Waals surface area contributed by atoms with E-state index in [4.69, 9.17) is 4.74 Å². The highest BCUT2D eigenvalue weighted by Crippen LogP contribution is 2.24. The molecule has 0 aliphatic heterocycles. The molecule has 0 bridgehead atoms. The lowest BCUT2D eigenvalue weighted by atomic mass is 10.1. The molecule has 0 spiro atoms. The SMILES string of the molecule is CCOC(=O)c1cccnc1-c1cccc(NC(C)=O)c1. The van der Waals surface area contributed by atoms with E-state index in [-0.39, 0.29) is 5.91 Å². The lowest BCUT2D eigenvalue weighted by molar-refractivity contribution is -0.114. The van der Waals surface area contributed by atoms with Crippen LogP contribution in [0.1, 0.15) is 24.2 Å². The van der Waals surface area contributed by atoms with E-state index in [1.165, 1.54) is 6.92 Å². The summed E-state index contributed by atoms with van der Waals surface area (Å²) in [5.74, 6) is -0.565. The topological polar surface area (TPSA) is 68.3 Å². The van der Waals surface area contributed by atoms with Crippen LogP contribution in [0.25, 0.3) is 11.3 Å². The average molecular weight is 284 g/mol. The van der Waals surface area contributed by atoms with Gasteiger partial charge in [0.15, 0.2) is 0 Å². The molecule has 0 fully saturated rings. The third kappa shape index (κ3) is 3.66. The van der Waals surface area contributed by atoms with Gasteiger partial charge in [0.25, 0.3) is 0 Å². The van der Waals surface area contributed by atoms with Crippen molar-refractivity contribution >= 4 is 17.6 Å². The number of rotatable bonds is 4. The Bertz CT molecular complexity index is 668. The highest BCUT2D eigenvalue weighted by molar-refractivity contribution is 5.96.